The van der Waals surface area contributed by atoms with E-state index >= 15 is 0 Å². The molecule has 0 fully saturated rings. The first-order valence-corrected chi connectivity index (χ1v) is 14.6. The normalized spacial score (nSPS) is 14.6. The number of hydrogen-bond donors (Lipinski definition) is 0. The second-order valence-electron chi connectivity index (χ2n) is 10.9. The zero-order valence-electron chi connectivity index (χ0n) is 23.6. The van der Waals surface area contributed by atoms with E-state index in [1.807, 2.05) is 4.90 Å². The van der Waals surface area contributed by atoms with Crippen molar-refractivity contribution in [3.8, 4) is 0 Å². The van der Waals surface area contributed by atoms with Gasteiger partial charge in [-0.1, -0.05) is 36.9 Å². The Hall–Kier alpha value is -3.42. The maximum Gasteiger partial charge on any atom is 0.233 e. The molecule has 0 bridgehead atoms. The predicted octanol–water partition coefficient (Wildman–Crippen LogP) is 6.37. The number of para-hydroxylation sites is 1. The molecule has 3 aromatic carbocycles. The smallest absolute Gasteiger partial charge is 0.233 e. The third kappa shape index (κ3) is 4.57. The fraction of sp³-hybridized carbons (Fsp3) is 0.344. The zero-order valence-corrected chi connectivity index (χ0v) is 24.4. The van der Waals surface area contributed by atoms with Gasteiger partial charge < -0.3 is 14.4 Å². The monoisotopic (exact) mass is 539 g/mol. The molecule has 2 aliphatic heterocycles. The Kier molecular flexibility index (Phi) is 6.81. The number of aryl methyl sites for hydroxylation is 1. The van der Waals surface area contributed by atoms with Crippen molar-refractivity contribution in [3.05, 3.63) is 71.9 Å². The summed E-state index contributed by atoms with van der Waals surface area (Å²) in [5, 5.41) is 1.33. The lowest BCUT2D eigenvalue weighted by molar-refractivity contribution is -0.118. The van der Waals surface area contributed by atoms with Crippen LogP contribution in [0.15, 0.2) is 70.5 Å². The standard InChI is InChI=1S/C32H37N5OS/c1-6-35-17-15-27-25(21-35)24-9-7-8-10-26(24)36(27)18-16-32(38)37-28-13-11-22(33(2)3)19-30(28)39-31-20-23(34(4)5)12-14-29(31)37/h7-14,19-20H,6,15-18,21H2,1-5H3. The van der Waals surface area contributed by atoms with Gasteiger partial charge in [0.15, 0.2) is 0 Å². The van der Waals surface area contributed by atoms with E-state index < -0.39 is 0 Å². The minimum atomic E-state index is 0.130. The van der Waals surface area contributed by atoms with Gasteiger partial charge in [0, 0.05) is 98.4 Å². The van der Waals surface area contributed by atoms with Crippen LogP contribution in [0.1, 0.15) is 24.6 Å². The number of benzene rings is 3. The molecule has 0 radical (unpaired) electrons. The highest BCUT2D eigenvalue weighted by Crippen LogP contribution is 2.50. The summed E-state index contributed by atoms with van der Waals surface area (Å²) in [6, 6.07) is 21.5. The van der Waals surface area contributed by atoms with Crippen LogP contribution in [-0.4, -0.2) is 56.7 Å². The Labute approximate surface area is 235 Å². The maximum atomic E-state index is 14.1. The fourth-order valence-corrected chi connectivity index (χ4v) is 7.04. The molecular weight excluding hydrogens is 502 g/mol. The summed E-state index contributed by atoms with van der Waals surface area (Å²) >= 11 is 1.75. The molecule has 0 spiro atoms. The van der Waals surface area contributed by atoms with Gasteiger partial charge in [0.2, 0.25) is 5.91 Å². The van der Waals surface area contributed by atoms with Gasteiger partial charge in [-0.15, -0.1) is 0 Å². The van der Waals surface area contributed by atoms with Gasteiger partial charge in [0.05, 0.1) is 11.4 Å². The SMILES string of the molecule is CCN1CCc2c(c3ccccc3n2CCC(=O)N2c3ccc(N(C)C)cc3Sc3cc(N(C)C)ccc32)C1. The Balaban J connectivity index is 1.36. The first-order chi connectivity index (χ1) is 18.9. The van der Waals surface area contributed by atoms with Crippen LogP contribution in [0.4, 0.5) is 22.7 Å². The molecule has 3 heterocycles. The molecule has 6 rings (SSSR count). The Morgan fingerprint density at radius 3 is 2.15 bits per heavy atom. The lowest BCUT2D eigenvalue weighted by Crippen LogP contribution is -2.32. The van der Waals surface area contributed by atoms with Crippen molar-refractivity contribution in [2.75, 3.05) is 56.0 Å². The molecule has 6 nitrogen and oxygen atoms in total. The third-order valence-corrected chi connectivity index (χ3v) is 9.20. The highest BCUT2D eigenvalue weighted by Gasteiger charge is 2.30. The zero-order chi connectivity index (χ0) is 27.3. The molecular formula is C32H37N5OS. The molecule has 0 saturated carbocycles. The third-order valence-electron chi connectivity index (χ3n) is 8.11. The van der Waals surface area contributed by atoms with Gasteiger partial charge in [-0.2, -0.15) is 0 Å². The van der Waals surface area contributed by atoms with E-state index in [4.69, 9.17) is 0 Å². The number of fused-ring (bicyclic) bond motifs is 5. The minimum absolute atomic E-state index is 0.130. The van der Waals surface area contributed by atoms with E-state index in [1.165, 1.54) is 22.2 Å². The van der Waals surface area contributed by atoms with Gasteiger partial charge in [-0.25, -0.2) is 0 Å². The summed E-state index contributed by atoms with van der Waals surface area (Å²) in [6.45, 7) is 6.04. The van der Waals surface area contributed by atoms with Crippen LogP contribution in [0.25, 0.3) is 10.9 Å². The van der Waals surface area contributed by atoms with Crippen LogP contribution in [0, 0.1) is 0 Å². The van der Waals surface area contributed by atoms with Crippen LogP contribution >= 0.6 is 11.8 Å². The van der Waals surface area contributed by atoms with Crippen LogP contribution in [0.5, 0.6) is 0 Å². The van der Waals surface area contributed by atoms with E-state index in [1.54, 1.807) is 11.8 Å². The lowest BCUT2D eigenvalue weighted by Gasteiger charge is -2.33. The fourth-order valence-electron chi connectivity index (χ4n) is 5.91. The first-order valence-electron chi connectivity index (χ1n) is 13.8. The second-order valence-corrected chi connectivity index (χ2v) is 12.0. The number of anilines is 4. The molecule has 2 aliphatic rings. The maximum absolute atomic E-state index is 14.1. The van der Waals surface area contributed by atoms with E-state index in [0.717, 1.165) is 58.6 Å². The summed E-state index contributed by atoms with van der Waals surface area (Å²) in [4.78, 5) is 25.0. The average molecular weight is 540 g/mol. The molecule has 39 heavy (non-hydrogen) atoms. The van der Waals surface area contributed by atoms with Gasteiger partial charge in [0.1, 0.15) is 0 Å². The Morgan fingerprint density at radius 2 is 1.54 bits per heavy atom. The van der Waals surface area contributed by atoms with Gasteiger partial charge >= 0.3 is 0 Å². The summed E-state index contributed by atoms with van der Waals surface area (Å²) in [5.74, 6) is 0.130. The molecule has 0 aliphatic carbocycles. The van der Waals surface area contributed by atoms with E-state index in [-0.39, 0.29) is 5.91 Å². The summed E-state index contributed by atoms with van der Waals surface area (Å²) < 4.78 is 2.42. The molecule has 1 aromatic heterocycles. The van der Waals surface area contributed by atoms with Crippen molar-refractivity contribution in [3.63, 3.8) is 0 Å². The first kappa shape index (κ1) is 25.8. The number of nitrogens with zero attached hydrogens (tertiary/aromatic N) is 5. The number of likely N-dealkylation sites (N-methyl/N-ethyl adjacent to an activating group) is 1. The molecule has 0 N–H and O–H groups in total. The van der Waals surface area contributed by atoms with Crippen molar-refractivity contribution < 1.29 is 4.79 Å². The topological polar surface area (TPSA) is 35.0 Å². The van der Waals surface area contributed by atoms with Gasteiger partial charge in [-0.05, 0) is 54.6 Å². The quantitative estimate of drug-likeness (QED) is 0.284. The summed E-state index contributed by atoms with van der Waals surface area (Å²) in [6.07, 6.45) is 1.47. The molecule has 0 unspecified atom stereocenters. The number of carbonyl (C=O) groups excluding carboxylic acids is 1. The van der Waals surface area contributed by atoms with Gasteiger partial charge in [0.25, 0.3) is 0 Å². The number of hydrogen-bond acceptors (Lipinski definition) is 5. The average Bonchev–Trinajstić information content (AvgIpc) is 3.26. The predicted molar refractivity (Wildman–Crippen MR) is 164 cm³/mol. The molecule has 7 heteroatoms. The van der Waals surface area contributed by atoms with Crippen molar-refractivity contribution in [1.82, 2.24) is 9.47 Å². The van der Waals surface area contributed by atoms with E-state index in [9.17, 15) is 4.79 Å². The molecule has 0 saturated heterocycles. The highest BCUT2D eigenvalue weighted by atomic mass is 32.2. The molecule has 4 aromatic rings. The summed E-state index contributed by atoms with van der Waals surface area (Å²) in [5.41, 5.74) is 8.28. The van der Waals surface area contributed by atoms with Crippen LogP contribution < -0.4 is 14.7 Å². The second kappa shape index (κ2) is 10.3. The van der Waals surface area contributed by atoms with Crippen molar-refractivity contribution in [2.45, 2.75) is 42.6 Å². The molecule has 1 amide bonds. The number of aromatic nitrogens is 1. The molecule has 0 atom stereocenters. The van der Waals surface area contributed by atoms with Crippen LogP contribution in [0.2, 0.25) is 0 Å². The number of carbonyl (C=O) groups is 1. The lowest BCUT2D eigenvalue weighted by atomic mass is 10.0. The largest absolute Gasteiger partial charge is 0.378 e. The van der Waals surface area contributed by atoms with Crippen molar-refractivity contribution in [2.24, 2.45) is 0 Å². The minimum Gasteiger partial charge on any atom is -0.378 e. The van der Waals surface area contributed by atoms with E-state index in [2.05, 4.69) is 115 Å². The number of rotatable bonds is 6. The highest BCUT2D eigenvalue weighted by molar-refractivity contribution is 7.99. The van der Waals surface area contributed by atoms with Crippen LogP contribution in [0.3, 0.4) is 0 Å². The van der Waals surface area contributed by atoms with Crippen molar-refractivity contribution in [1.29, 1.82) is 0 Å². The molecule has 202 valence electrons. The Morgan fingerprint density at radius 1 is 0.897 bits per heavy atom. The summed E-state index contributed by atoms with van der Waals surface area (Å²) in [7, 11) is 8.21. The Bertz CT molecular complexity index is 1500. The number of amides is 1. The van der Waals surface area contributed by atoms with Crippen LogP contribution in [-0.2, 0) is 24.3 Å². The van der Waals surface area contributed by atoms with E-state index in [0.29, 0.717) is 13.0 Å². The van der Waals surface area contributed by atoms with Crippen molar-refractivity contribution >= 4 is 51.3 Å². The van der Waals surface area contributed by atoms with Gasteiger partial charge in [-0.3, -0.25) is 14.6 Å².